The van der Waals surface area contributed by atoms with Gasteiger partial charge in [0.05, 0.1) is 35.8 Å². The smallest absolute Gasteiger partial charge is 0.311 e. The first-order chi connectivity index (χ1) is 20.1. The van der Waals surface area contributed by atoms with E-state index < -0.39 is 33.4 Å². The topological polar surface area (TPSA) is 87.1 Å². The van der Waals surface area contributed by atoms with Crippen LogP contribution in [-0.4, -0.2) is 69.1 Å². The van der Waals surface area contributed by atoms with E-state index in [0.717, 1.165) is 16.5 Å². The highest BCUT2D eigenvalue weighted by molar-refractivity contribution is 8.02. The molecule has 42 heavy (non-hydrogen) atoms. The van der Waals surface area contributed by atoms with Crippen LogP contribution in [0.5, 0.6) is 0 Å². The average Bonchev–Trinajstić information content (AvgIpc) is 3.54. The fourth-order valence-electron chi connectivity index (χ4n) is 7.49. The highest BCUT2D eigenvalue weighted by Gasteiger charge is 2.78. The second-order valence-corrected chi connectivity index (χ2v) is 14.3. The Labute approximate surface area is 253 Å². The van der Waals surface area contributed by atoms with Crippen molar-refractivity contribution in [3.63, 3.8) is 0 Å². The third-order valence-corrected chi connectivity index (χ3v) is 11.2. The summed E-state index contributed by atoms with van der Waals surface area (Å²) in [5, 5.41) is 12.7. The van der Waals surface area contributed by atoms with Crippen LogP contribution in [0.15, 0.2) is 67.8 Å². The monoisotopic (exact) mass is 590 g/mol. The molecule has 3 saturated heterocycles. The van der Waals surface area contributed by atoms with Crippen LogP contribution in [0.3, 0.4) is 0 Å². The number of esters is 1. The number of carbonyl (C=O) groups excluding carboxylic acids is 3. The first kappa shape index (κ1) is 30.4. The van der Waals surface area contributed by atoms with E-state index in [1.54, 1.807) is 33.7 Å². The van der Waals surface area contributed by atoms with Gasteiger partial charge in [0.1, 0.15) is 6.04 Å². The maximum atomic E-state index is 14.9. The van der Waals surface area contributed by atoms with E-state index >= 15 is 0 Å². The van der Waals surface area contributed by atoms with Crippen molar-refractivity contribution in [2.75, 3.05) is 24.7 Å². The van der Waals surface area contributed by atoms with Gasteiger partial charge in [0.15, 0.2) is 0 Å². The number of benzene rings is 2. The van der Waals surface area contributed by atoms with Gasteiger partial charge in [-0.2, -0.15) is 0 Å². The molecule has 3 aliphatic rings. The number of carbonyl (C=O) groups is 3. The molecular weight excluding hydrogens is 548 g/mol. The van der Waals surface area contributed by atoms with Crippen LogP contribution in [0.4, 0.5) is 5.69 Å². The van der Waals surface area contributed by atoms with Gasteiger partial charge in [-0.15, -0.1) is 24.9 Å². The van der Waals surface area contributed by atoms with Gasteiger partial charge in [-0.25, -0.2) is 0 Å². The predicted molar refractivity (Wildman–Crippen MR) is 168 cm³/mol. The summed E-state index contributed by atoms with van der Waals surface area (Å²) in [6.07, 6.45) is 5.80. The Morgan fingerprint density at radius 2 is 1.90 bits per heavy atom. The van der Waals surface area contributed by atoms with Crippen LogP contribution < -0.4 is 4.90 Å². The molecule has 8 heteroatoms. The fraction of sp³-hybridized carbons (Fsp3) is 0.500. The van der Waals surface area contributed by atoms with Crippen molar-refractivity contribution in [3.8, 4) is 0 Å². The molecule has 2 amide bonds. The number of anilines is 1. The standard InChI is InChI=1S/C34H42N2O5S/c1-6-8-18-41-32(40)28-27-30(38)36(26(21-37)19-22(3)4)29(34(27)16-15-33(28,5)42-34)31(39)35(17-7-2)25-14-13-23-11-9-10-12-24(23)20-25/h6-7,9-14,20,22,26-29,37H,1-2,8,15-19,21H2,3-5H3/t26-,27+,28-,29?,33+,34?/m1/s1. The minimum Gasteiger partial charge on any atom is -0.465 e. The molecule has 0 saturated carbocycles. The quantitative estimate of drug-likeness (QED) is 0.203. The van der Waals surface area contributed by atoms with Gasteiger partial charge in [-0.1, -0.05) is 56.3 Å². The minimum absolute atomic E-state index is 0.189. The highest BCUT2D eigenvalue weighted by atomic mass is 32.2. The van der Waals surface area contributed by atoms with Crippen molar-refractivity contribution < 1.29 is 24.2 Å². The maximum absolute atomic E-state index is 14.9. The van der Waals surface area contributed by atoms with E-state index in [4.69, 9.17) is 4.74 Å². The van der Waals surface area contributed by atoms with Gasteiger partial charge in [0, 0.05) is 17.0 Å². The second-order valence-electron chi connectivity index (χ2n) is 12.5. The molecule has 5 rings (SSSR count). The first-order valence-electron chi connectivity index (χ1n) is 14.9. The molecule has 1 spiro atoms. The summed E-state index contributed by atoms with van der Waals surface area (Å²) in [4.78, 5) is 46.4. The van der Waals surface area contributed by atoms with E-state index in [-0.39, 0.29) is 43.5 Å². The van der Waals surface area contributed by atoms with E-state index in [1.807, 2.05) is 63.2 Å². The van der Waals surface area contributed by atoms with Crippen LogP contribution in [0, 0.1) is 17.8 Å². The molecule has 224 valence electrons. The first-order valence-corrected chi connectivity index (χ1v) is 15.7. The molecule has 2 aromatic carbocycles. The normalized spacial score (nSPS) is 28.6. The van der Waals surface area contributed by atoms with Crippen molar-refractivity contribution >= 4 is 46.0 Å². The van der Waals surface area contributed by atoms with Gasteiger partial charge in [0.25, 0.3) is 5.91 Å². The molecule has 3 aliphatic heterocycles. The largest absolute Gasteiger partial charge is 0.465 e. The lowest BCUT2D eigenvalue weighted by atomic mass is 9.66. The number of hydrogen-bond donors (Lipinski definition) is 1. The molecule has 3 heterocycles. The number of ether oxygens (including phenoxy) is 1. The van der Waals surface area contributed by atoms with E-state index in [9.17, 15) is 19.5 Å². The van der Waals surface area contributed by atoms with Crippen molar-refractivity contribution in [1.82, 2.24) is 4.90 Å². The van der Waals surface area contributed by atoms with Gasteiger partial charge in [0.2, 0.25) is 5.91 Å². The van der Waals surface area contributed by atoms with Gasteiger partial charge in [-0.3, -0.25) is 14.4 Å². The number of fused-ring (bicyclic) bond motifs is 2. The lowest BCUT2D eigenvalue weighted by Gasteiger charge is -2.40. The van der Waals surface area contributed by atoms with Crippen molar-refractivity contribution in [1.29, 1.82) is 0 Å². The van der Waals surface area contributed by atoms with Gasteiger partial charge < -0.3 is 19.6 Å². The number of thioether (sulfide) groups is 1. The molecule has 2 aromatic rings. The van der Waals surface area contributed by atoms with Gasteiger partial charge >= 0.3 is 5.97 Å². The number of aliphatic hydroxyl groups excluding tert-OH is 1. The molecule has 2 unspecified atom stereocenters. The van der Waals surface area contributed by atoms with Gasteiger partial charge in [-0.05, 0) is 61.4 Å². The number of nitrogens with zero attached hydrogens (tertiary/aromatic N) is 2. The van der Waals surface area contributed by atoms with Crippen LogP contribution in [0.1, 0.15) is 46.5 Å². The zero-order valence-electron chi connectivity index (χ0n) is 24.8. The Kier molecular flexibility index (Phi) is 8.59. The molecule has 6 atom stereocenters. The fourth-order valence-corrected chi connectivity index (χ4v) is 9.82. The van der Waals surface area contributed by atoms with E-state index in [0.29, 0.717) is 25.7 Å². The summed E-state index contributed by atoms with van der Waals surface area (Å²) >= 11 is 1.61. The van der Waals surface area contributed by atoms with Crippen molar-refractivity contribution in [2.24, 2.45) is 17.8 Å². The number of likely N-dealkylation sites (tertiary alicyclic amines) is 1. The van der Waals surface area contributed by atoms with Crippen LogP contribution in [-0.2, 0) is 19.1 Å². The van der Waals surface area contributed by atoms with Crippen LogP contribution in [0.25, 0.3) is 10.8 Å². The molecule has 2 bridgehead atoms. The Balaban J connectivity index is 1.61. The summed E-state index contributed by atoms with van der Waals surface area (Å²) in [6.45, 7) is 14.0. The molecule has 1 N–H and O–H groups in total. The molecular formula is C34H42N2O5S. The Hall–Kier alpha value is -3.10. The number of amides is 2. The number of rotatable bonds is 12. The number of hydrogen-bond acceptors (Lipinski definition) is 6. The molecule has 3 fully saturated rings. The second kappa shape index (κ2) is 11.9. The van der Waals surface area contributed by atoms with Crippen molar-refractivity contribution in [2.45, 2.75) is 68.0 Å². The third-order valence-electron chi connectivity index (χ3n) is 9.24. The summed E-state index contributed by atoms with van der Waals surface area (Å²) in [7, 11) is 0. The summed E-state index contributed by atoms with van der Waals surface area (Å²) < 4.78 is 4.35. The summed E-state index contributed by atoms with van der Waals surface area (Å²) in [5.74, 6) is -2.00. The van der Waals surface area contributed by atoms with Crippen molar-refractivity contribution in [3.05, 3.63) is 67.8 Å². The lowest BCUT2D eigenvalue weighted by molar-refractivity contribution is -0.156. The number of aliphatic hydroxyl groups is 1. The van der Waals surface area contributed by atoms with E-state index in [1.165, 1.54) is 0 Å². The Morgan fingerprint density at radius 3 is 2.57 bits per heavy atom. The SMILES string of the molecule is C=CCCOC(=O)[C@H]1[C@H]2C(=O)N([C@@H](CO)CC(C)C)C(C(=O)N(CC=C)c3ccc4ccccc4c3)C23CC[C@]1(C)S3. The maximum Gasteiger partial charge on any atom is 0.311 e. The third kappa shape index (κ3) is 4.96. The average molecular weight is 591 g/mol. The van der Waals surface area contributed by atoms with Crippen LogP contribution >= 0.6 is 11.8 Å². The molecule has 0 aliphatic carbocycles. The van der Waals surface area contributed by atoms with Crippen LogP contribution in [0.2, 0.25) is 0 Å². The predicted octanol–water partition coefficient (Wildman–Crippen LogP) is 5.37. The van der Waals surface area contributed by atoms with E-state index in [2.05, 4.69) is 13.2 Å². The minimum atomic E-state index is -0.838. The highest BCUT2D eigenvalue weighted by Crippen LogP contribution is 2.72. The Bertz CT molecular complexity index is 1390. The summed E-state index contributed by atoms with van der Waals surface area (Å²) in [5.41, 5.74) is 0.722. The molecule has 7 nitrogen and oxygen atoms in total. The zero-order valence-corrected chi connectivity index (χ0v) is 25.6. The Morgan fingerprint density at radius 1 is 1.17 bits per heavy atom. The zero-order chi connectivity index (χ0) is 30.2. The summed E-state index contributed by atoms with van der Waals surface area (Å²) in [6, 6.07) is 12.5. The molecule has 0 radical (unpaired) electrons. The lowest BCUT2D eigenvalue weighted by Crippen LogP contribution is -2.57. The molecule has 0 aromatic heterocycles.